The Labute approximate surface area is 269 Å². The summed E-state index contributed by atoms with van der Waals surface area (Å²) in [5.74, 6) is 0.168. The van der Waals surface area contributed by atoms with E-state index in [1.807, 2.05) is 66.7 Å². The third-order valence-corrected chi connectivity index (χ3v) is 7.46. The van der Waals surface area contributed by atoms with Gasteiger partial charge in [-0.3, -0.25) is 15.5 Å². The summed E-state index contributed by atoms with van der Waals surface area (Å²) < 4.78 is 15.2. The first-order chi connectivity index (χ1) is 22.3. The minimum absolute atomic E-state index is 0.0273. The number of carbonyl (C=O) groups excluding carboxylic acids is 2. The number of aromatic hydroxyl groups is 1. The van der Waals surface area contributed by atoms with E-state index < -0.39 is 18.3 Å². The highest BCUT2D eigenvalue weighted by Crippen LogP contribution is 2.31. The fraction of sp³-hybridized carbons (Fsp3) is 0.278. The minimum Gasteiger partial charge on any atom is -0.508 e. The molecule has 10 nitrogen and oxygen atoms in total. The number of aliphatic hydroxyl groups excluding tert-OH is 1. The molecular weight excluding hydrogens is 586 g/mol. The van der Waals surface area contributed by atoms with Gasteiger partial charge in [-0.1, -0.05) is 66.7 Å². The van der Waals surface area contributed by atoms with Crippen molar-refractivity contribution in [1.29, 1.82) is 0 Å². The molecule has 0 aliphatic carbocycles. The van der Waals surface area contributed by atoms with Crippen molar-refractivity contribution in [2.24, 2.45) is 0 Å². The van der Waals surface area contributed by atoms with Gasteiger partial charge < -0.3 is 24.4 Å². The van der Waals surface area contributed by atoms with Crippen molar-refractivity contribution in [2.45, 2.75) is 31.6 Å². The first kappa shape index (κ1) is 34.0. The Morgan fingerprint density at radius 2 is 1.28 bits per heavy atom. The predicted octanol–water partition coefficient (Wildman–Crippen LogP) is 6.35. The van der Waals surface area contributed by atoms with Crippen molar-refractivity contribution < 1.29 is 34.0 Å². The Morgan fingerprint density at radius 3 is 1.80 bits per heavy atom. The fourth-order valence-corrected chi connectivity index (χ4v) is 5.10. The van der Waals surface area contributed by atoms with Crippen molar-refractivity contribution in [1.82, 2.24) is 4.90 Å². The number of phenols is 1. The monoisotopic (exact) mass is 627 g/mol. The van der Waals surface area contributed by atoms with E-state index >= 15 is 0 Å². The number of aliphatic hydroxyl groups is 1. The lowest BCUT2D eigenvalue weighted by Crippen LogP contribution is -2.35. The van der Waals surface area contributed by atoms with E-state index in [1.165, 1.54) is 14.2 Å². The Morgan fingerprint density at radius 1 is 0.739 bits per heavy atom. The number of rotatable bonds is 15. The molecule has 0 aromatic heterocycles. The zero-order valence-corrected chi connectivity index (χ0v) is 26.1. The standard InChI is InChI=1S/C36H41N3O7/c1-44-35(42)37-30-14-10-28(11-15-30)34(29-12-16-31(17-13-29)38-36(43)45-2)20-21-39(22-26-6-4-3-5-7-26)23-33(41)25-46-24-27-8-18-32(40)19-9-27/h3-19,33-34,40-41H,20-25H2,1-2H3,(H,37,42)(H,38,43)/t33-/m0/s1. The van der Waals surface area contributed by atoms with Crippen LogP contribution in [0, 0.1) is 0 Å². The Kier molecular flexibility index (Phi) is 13.0. The lowest BCUT2D eigenvalue weighted by molar-refractivity contribution is 0.00821. The lowest BCUT2D eigenvalue weighted by atomic mass is 9.88. The van der Waals surface area contributed by atoms with Crippen LogP contribution in [-0.4, -0.2) is 67.3 Å². The van der Waals surface area contributed by atoms with Crippen LogP contribution in [0.3, 0.4) is 0 Å². The zero-order chi connectivity index (χ0) is 32.7. The molecule has 0 spiro atoms. The number of hydrogen-bond acceptors (Lipinski definition) is 8. The number of phenolic OH excluding ortho intramolecular Hbond substituents is 1. The van der Waals surface area contributed by atoms with Crippen LogP contribution in [0.2, 0.25) is 0 Å². The van der Waals surface area contributed by atoms with Crippen LogP contribution in [0.25, 0.3) is 0 Å². The SMILES string of the molecule is COC(=O)Nc1ccc(C(CCN(Cc2ccccc2)C[C@H](O)COCc2ccc(O)cc2)c2ccc(NC(=O)OC)cc2)cc1. The summed E-state index contributed by atoms with van der Waals surface area (Å²) in [5.41, 5.74) is 5.37. The van der Waals surface area contributed by atoms with E-state index in [4.69, 9.17) is 14.2 Å². The maximum absolute atomic E-state index is 11.7. The first-order valence-electron chi connectivity index (χ1n) is 15.0. The Balaban J connectivity index is 1.49. The average Bonchev–Trinajstić information content (AvgIpc) is 3.07. The van der Waals surface area contributed by atoms with Crippen molar-refractivity contribution in [3.8, 4) is 5.75 Å². The summed E-state index contributed by atoms with van der Waals surface area (Å²) in [6.45, 7) is 2.21. The van der Waals surface area contributed by atoms with Gasteiger partial charge >= 0.3 is 12.2 Å². The van der Waals surface area contributed by atoms with Crippen LogP contribution < -0.4 is 10.6 Å². The van der Waals surface area contributed by atoms with Crippen LogP contribution in [0.5, 0.6) is 5.75 Å². The minimum atomic E-state index is -0.716. The first-order valence-corrected chi connectivity index (χ1v) is 15.0. The van der Waals surface area contributed by atoms with E-state index in [2.05, 4.69) is 27.7 Å². The number of amides is 2. The molecule has 242 valence electrons. The van der Waals surface area contributed by atoms with Crippen LogP contribution in [0.4, 0.5) is 21.0 Å². The molecule has 10 heteroatoms. The summed E-state index contributed by atoms with van der Waals surface area (Å²) >= 11 is 0. The van der Waals surface area contributed by atoms with Gasteiger partial charge in [0.1, 0.15) is 5.75 Å². The normalized spacial score (nSPS) is 11.7. The van der Waals surface area contributed by atoms with Crippen molar-refractivity contribution in [3.05, 3.63) is 125 Å². The smallest absolute Gasteiger partial charge is 0.411 e. The van der Waals surface area contributed by atoms with Gasteiger partial charge in [0, 0.05) is 30.4 Å². The molecule has 1 atom stereocenters. The average molecular weight is 628 g/mol. The van der Waals surface area contributed by atoms with Crippen LogP contribution in [0.1, 0.15) is 34.6 Å². The molecule has 4 N–H and O–H groups in total. The molecule has 0 heterocycles. The van der Waals surface area contributed by atoms with Gasteiger partial charge in [-0.05, 0) is 71.6 Å². The second-order valence-electron chi connectivity index (χ2n) is 10.9. The van der Waals surface area contributed by atoms with Crippen molar-refractivity contribution >= 4 is 23.6 Å². The number of ether oxygens (including phenoxy) is 3. The number of methoxy groups -OCH3 is 2. The van der Waals surface area contributed by atoms with E-state index in [-0.39, 0.29) is 18.3 Å². The van der Waals surface area contributed by atoms with Crippen molar-refractivity contribution in [2.75, 3.05) is 44.5 Å². The van der Waals surface area contributed by atoms with Crippen molar-refractivity contribution in [3.63, 3.8) is 0 Å². The molecule has 0 saturated carbocycles. The molecule has 0 fully saturated rings. The highest BCUT2D eigenvalue weighted by molar-refractivity contribution is 5.85. The third-order valence-electron chi connectivity index (χ3n) is 7.46. The third kappa shape index (κ3) is 10.9. The molecule has 46 heavy (non-hydrogen) atoms. The zero-order valence-electron chi connectivity index (χ0n) is 26.1. The number of nitrogens with zero attached hydrogens (tertiary/aromatic N) is 1. The summed E-state index contributed by atoms with van der Waals surface area (Å²) in [4.78, 5) is 25.6. The van der Waals surface area contributed by atoms with Gasteiger partial charge in [0.15, 0.2) is 0 Å². The maximum atomic E-state index is 11.7. The van der Waals surface area contributed by atoms with Gasteiger partial charge in [0.25, 0.3) is 0 Å². The van der Waals surface area contributed by atoms with Crippen LogP contribution in [0.15, 0.2) is 103 Å². The summed E-state index contributed by atoms with van der Waals surface area (Å²) in [6.07, 6.45) is -1.08. The number of hydrogen-bond donors (Lipinski definition) is 4. The summed E-state index contributed by atoms with van der Waals surface area (Å²) in [5, 5.41) is 25.8. The van der Waals surface area contributed by atoms with E-state index in [0.29, 0.717) is 37.6 Å². The molecular formula is C36H41N3O7. The van der Waals surface area contributed by atoms with E-state index in [0.717, 1.165) is 28.7 Å². The highest BCUT2D eigenvalue weighted by atomic mass is 16.5. The second-order valence-corrected chi connectivity index (χ2v) is 10.9. The number of nitrogens with one attached hydrogen (secondary N) is 2. The number of anilines is 2. The van der Waals surface area contributed by atoms with Gasteiger partial charge in [0.2, 0.25) is 0 Å². The quantitative estimate of drug-likeness (QED) is 0.120. The van der Waals surface area contributed by atoms with Crippen LogP contribution in [-0.2, 0) is 27.4 Å². The lowest BCUT2D eigenvalue weighted by Gasteiger charge is -2.28. The topological polar surface area (TPSA) is 130 Å². The molecule has 0 aliphatic heterocycles. The van der Waals surface area contributed by atoms with Gasteiger partial charge in [0.05, 0.1) is 33.5 Å². The molecule has 2 amide bonds. The molecule has 0 bridgehead atoms. The van der Waals surface area contributed by atoms with E-state index in [1.54, 1.807) is 24.3 Å². The fourth-order valence-electron chi connectivity index (χ4n) is 5.10. The molecule has 0 radical (unpaired) electrons. The number of benzene rings is 4. The van der Waals surface area contributed by atoms with Crippen LogP contribution >= 0.6 is 0 Å². The largest absolute Gasteiger partial charge is 0.508 e. The highest BCUT2D eigenvalue weighted by Gasteiger charge is 2.19. The summed E-state index contributed by atoms with van der Waals surface area (Å²) in [7, 11) is 2.64. The van der Waals surface area contributed by atoms with E-state index in [9.17, 15) is 19.8 Å². The molecule has 4 aromatic rings. The Bertz CT molecular complexity index is 1440. The molecule has 0 aliphatic rings. The molecule has 0 saturated heterocycles. The van der Waals surface area contributed by atoms with Gasteiger partial charge in [-0.2, -0.15) is 0 Å². The second kappa shape index (κ2) is 17.6. The molecule has 0 unspecified atom stereocenters. The number of carbonyl (C=O) groups is 2. The predicted molar refractivity (Wildman–Crippen MR) is 177 cm³/mol. The molecule has 4 rings (SSSR count). The summed E-state index contributed by atoms with van der Waals surface area (Å²) in [6, 6.07) is 32.2. The van der Waals surface area contributed by atoms with Gasteiger partial charge in [-0.15, -0.1) is 0 Å². The maximum Gasteiger partial charge on any atom is 0.411 e. The molecule has 4 aromatic carbocycles. The Hall–Kier alpha value is -4.90. The van der Waals surface area contributed by atoms with Gasteiger partial charge in [-0.25, -0.2) is 9.59 Å².